The number of thiophene rings is 1. The van der Waals surface area contributed by atoms with Crippen LogP contribution < -0.4 is 5.32 Å². The fourth-order valence-corrected chi connectivity index (χ4v) is 4.62. The van der Waals surface area contributed by atoms with Crippen molar-refractivity contribution in [1.29, 1.82) is 0 Å². The Bertz CT molecular complexity index is 828. The Morgan fingerprint density at radius 1 is 1.29 bits per heavy atom. The molecule has 0 saturated carbocycles. The number of carbonyl (C=O) groups excluding carboxylic acids is 1. The second-order valence-corrected chi connectivity index (χ2v) is 8.48. The molecule has 7 heteroatoms. The van der Waals surface area contributed by atoms with Crippen molar-refractivity contribution in [1.82, 2.24) is 4.31 Å². The molecule has 0 aliphatic heterocycles. The van der Waals surface area contributed by atoms with Gasteiger partial charge >= 0.3 is 0 Å². The van der Waals surface area contributed by atoms with E-state index in [0.29, 0.717) is 5.69 Å². The molecular formula is C17H20N2O3S2. The Hall–Kier alpha value is -1.96. The van der Waals surface area contributed by atoms with Crippen molar-refractivity contribution in [2.45, 2.75) is 18.1 Å². The van der Waals surface area contributed by atoms with E-state index in [4.69, 9.17) is 0 Å². The number of aryl methyl sites for hydroxylation is 2. The Kier molecular flexibility index (Phi) is 5.93. The first-order chi connectivity index (χ1) is 11.3. The third kappa shape index (κ3) is 4.31. The normalized spacial score (nSPS) is 11.5. The fraction of sp³-hybridized carbons (Fsp3) is 0.235. The average Bonchev–Trinajstić information content (AvgIpc) is 3.05. The third-order valence-electron chi connectivity index (χ3n) is 3.53. The molecule has 0 aliphatic carbocycles. The standard InChI is InChI=1S/C17H20N2O3S2/c1-4-9-19(24(21,22)17-6-5-10-23-17)12-16(20)18-15-8-7-13(2)14(3)11-15/h4-8,10-11H,1,9,12H2,2-3H3,(H,18,20). The van der Waals surface area contributed by atoms with Gasteiger partial charge < -0.3 is 5.32 Å². The van der Waals surface area contributed by atoms with E-state index in [1.165, 1.54) is 12.1 Å². The number of rotatable bonds is 7. The molecule has 0 fully saturated rings. The highest BCUT2D eigenvalue weighted by Crippen LogP contribution is 2.21. The fourth-order valence-electron chi connectivity index (χ4n) is 2.11. The van der Waals surface area contributed by atoms with Crippen LogP contribution in [0.1, 0.15) is 11.1 Å². The summed E-state index contributed by atoms with van der Waals surface area (Å²) in [7, 11) is -3.70. The number of amides is 1. The minimum absolute atomic E-state index is 0.0700. The van der Waals surface area contributed by atoms with Gasteiger partial charge in [0.05, 0.1) is 6.54 Å². The molecule has 5 nitrogen and oxygen atoms in total. The van der Waals surface area contributed by atoms with Gasteiger partial charge in [0.15, 0.2) is 0 Å². The van der Waals surface area contributed by atoms with Crippen LogP contribution in [0.2, 0.25) is 0 Å². The van der Waals surface area contributed by atoms with Crippen molar-refractivity contribution >= 4 is 33.0 Å². The smallest absolute Gasteiger partial charge is 0.253 e. The monoisotopic (exact) mass is 364 g/mol. The van der Waals surface area contributed by atoms with Gasteiger partial charge in [-0.1, -0.05) is 18.2 Å². The number of anilines is 1. The van der Waals surface area contributed by atoms with Crippen LogP contribution in [-0.4, -0.2) is 31.7 Å². The number of nitrogens with one attached hydrogen (secondary N) is 1. The van der Waals surface area contributed by atoms with Crippen LogP contribution in [0.25, 0.3) is 0 Å². The average molecular weight is 364 g/mol. The molecule has 0 atom stereocenters. The number of hydrogen-bond donors (Lipinski definition) is 1. The minimum atomic E-state index is -3.70. The lowest BCUT2D eigenvalue weighted by Crippen LogP contribution is -2.37. The van der Waals surface area contributed by atoms with E-state index >= 15 is 0 Å². The van der Waals surface area contributed by atoms with Gasteiger partial charge in [0.1, 0.15) is 4.21 Å². The SMILES string of the molecule is C=CCN(CC(=O)Nc1ccc(C)c(C)c1)S(=O)(=O)c1cccs1. The van der Waals surface area contributed by atoms with Gasteiger partial charge in [-0.2, -0.15) is 4.31 Å². The first kappa shape index (κ1) is 18.4. The lowest BCUT2D eigenvalue weighted by atomic mass is 10.1. The van der Waals surface area contributed by atoms with Crippen LogP contribution in [0, 0.1) is 13.8 Å². The third-order valence-corrected chi connectivity index (χ3v) is 6.72. The van der Waals surface area contributed by atoms with Gasteiger partial charge in [-0.25, -0.2) is 8.42 Å². The number of benzene rings is 1. The lowest BCUT2D eigenvalue weighted by Gasteiger charge is -2.19. The molecule has 1 aromatic carbocycles. The van der Waals surface area contributed by atoms with Gasteiger partial charge in [0.25, 0.3) is 10.0 Å². The second kappa shape index (κ2) is 7.74. The molecular weight excluding hydrogens is 344 g/mol. The molecule has 0 spiro atoms. The van der Waals surface area contributed by atoms with Gasteiger partial charge in [0.2, 0.25) is 5.91 Å². The number of sulfonamides is 1. The predicted octanol–water partition coefficient (Wildman–Crippen LogP) is 3.18. The summed E-state index contributed by atoms with van der Waals surface area (Å²) in [5.74, 6) is -0.389. The van der Waals surface area contributed by atoms with Gasteiger partial charge in [-0.05, 0) is 48.6 Å². The Morgan fingerprint density at radius 3 is 2.62 bits per heavy atom. The quantitative estimate of drug-likeness (QED) is 0.767. The van der Waals surface area contributed by atoms with Gasteiger partial charge in [-0.3, -0.25) is 4.79 Å². The second-order valence-electron chi connectivity index (χ2n) is 5.37. The van der Waals surface area contributed by atoms with Crippen LogP contribution in [-0.2, 0) is 14.8 Å². The molecule has 24 heavy (non-hydrogen) atoms. The summed E-state index contributed by atoms with van der Waals surface area (Å²) < 4.78 is 26.5. The maximum atomic E-state index is 12.6. The molecule has 2 aromatic rings. The zero-order valence-corrected chi connectivity index (χ0v) is 15.3. The summed E-state index contributed by atoms with van der Waals surface area (Å²) in [5, 5.41) is 4.43. The van der Waals surface area contributed by atoms with Crippen molar-refractivity contribution < 1.29 is 13.2 Å². The zero-order chi connectivity index (χ0) is 17.7. The van der Waals surface area contributed by atoms with E-state index < -0.39 is 10.0 Å². The first-order valence-electron chi connectivity index (χ1n) is 7.36. The first-order valence-corrected chi connectivity index (χ1v) is 9.68. The van der Waals surface area contributed by atoms with E-state index in [1.807, 2.05) is 26.0 Å². The summed E-state index contributed by atoms with van der Waals surface area (Å²) in [6, 6.07) is 8.76. The number of carbonyl (C=O) groups is 1. The maximum absolute atomic E-state index is 12.6. The topological polar surface area (TPSA) is 66.5 Å². The van der Waals surface area contributed by atoms with E-state index in [1.54, 1.807) is 17.5 Å². The summed E-state index contributed by atoms with van der Waals surface area (Å²) in [6.45, 7) is 7.32. The molecule has 0 bridgehead atoms. The molecule has 2 rings (SSSR count). The molecule has 0 unspecified atom stereocenters. The molecule has 1 N–H and O–H groups in total. The lowest BCUT2D eigenvalue weighted by molar-refractivity contribution is -0.116. The predicted molar refractivity (Wildman–Crippen MR) is 97.8 cm³/mol. The highest BCUT2D eigenvalue weighted by Gasteiger charge is 2.26. The van der Waals surface area contributed by atoms with Crippen molar-refractivity contribution in [2.24, 2.45) is 0 Å². The highest BCUT2D eigenvalue weighted by molar-refractivity contribution is 7.91. The summed E-state index contributed by atoms with van der Waals surface area (Å²) >= 11 is 1.12. The van der Waals surface area contributed by atoms with Gasteiger partial charge in [0, 0.05) is 12.2 Å². The molecule has 0 saturated heterocycles. The Morgan fingerprint density at radius 2 is 2.04 bits per heavy atom. The largest absolute Gasteiger partial charge is 0.325 e. The van der Waals surface area contributed by atoms with Crippen LogP contribution >= 0.6 is 11.3 Å². The molecule has 0 radical (unpaired) electrons. The van der Waals surface area contributed by atoms with Crippen molar-refractivity contribution in [3.63, 3.8) is 0 Å². The highest BCUT2D eigenvalue weighted by atomic mass is 32.2. The molecule has 128 valence electrons. The van der Waals surface area contributed by atoms with Crippen molar-refractivity contribution in [3.8, 4) is 0 Å². The number of hydrogen-bond acceptors (Lipinski definition) is 4. The van der Waals surface area contributed by atoms with E-state index in [9.17, 15) is 13.2 Å². The molecule has 1 amide bonds. The minimum Gasteiger partial charge on any atom is -0.325 e. The van der Waals surface area contributed by atoms with Gasteiger partial charge in [-0.15, -0.1) is 17.9 Å². The van der Waals surface area contributed by atoms with Crippen LogP contribution in [0.3, 0.4) is 0 Å². The zero-order valence-electron chi connectivity index (χ0n) is 13.7. The Balaban J connectivity index is 2.14. The van der Waals surface area contributed by atoms with Crippen LogP contribution in [0.5, 0.6) is 0 Å². The van der Waals surface area contributed by atoms with Crippen LogP contribution in [0.15, 0.2) is 52.6 Å². The molecule has 0 aliphatic rings. The summed E-state index contributed by atoms with van der Waals surface area (Å²) in [5.41, 5.74) is 2.83. The van der Waals surface area contributed by atoms with E-state index in [-0.39, 0.29) is 23.2 Å². The van der Waals surface area contributed by atoms with E-state index in [0.717, 1.165) is 26.8 Å². The molecule has 1 aromatic heterocycles. The maximum Gasteiger partial charge on any atom is 0.253 e. The Labute approximate surface area is 146 Å². The van der Waals surface area contributed by atoms with Crippen LogP contribution in [0.4, 0.5) is 5.69 Å². The molecule has 1 heterocycles. The van der Waals surface area contributed by atoms with Crippen molar-refractivity contribution in [3.05, 3.63) is 59.5 Å². The number of nitrogens with zero attached hydrogens (tertiary/aromatic N) is 1. The van der Waals surface area contributed by atoms with Crippen molar-refractivity contribution in [2.75, 3.05) is 18.4 Å². The summed E-state index contributed by atoms with van der Waals surface area (Å²) in [4.78, 5) is 12.3. The van der Waals surface area contributed by atoms with E-state index in [2.05, 4.69) is 11.9 Å². The summed E-state index contributed by atoms with van der Waals surface area (Å²) in [6.07, 6.45) is 1.47.